The lowest BCUT2D eigenvalue weighted by Crippen LogP contribution is -2.34. The molecule has 8 heteroatoms. The largest absolute Gasteiger partial charge is 0.384 e. The Hall–Kier alpha value is -1.95. The number of aliphatic hydroxyl groups is 1. The van der Waals surface area contributed by atoms with Gasteiger partial charge >= 0.3 is 0 Å². The Kier molecular flexibility index (Phi) is 6.30. The van der Waals surface area contributed by atoms with E-state index in [1.807, 2.05) is 0 Å². The second kappa shape index (κ2) is 7.73. The fraction of sp³-hybridized carbons (Fsp3) is 0.308. The molecule has 0 heterocycles. The number of hydrogen-bond donors (Lipinski definition) is 3. The van der Waals surface area contributed by atoms with Gasteiger partial charge in [-0.2, -0.15) is 0 Å². The van der Waals surface area contributed by atoms with Crippen molar-refractivity contribution in [2.75, 3.05) is 26.0 Å². The van der Waals surface area contributed by atoms with Crippen molar-refractivity contribution in [3.8, 4) is 11.8 Å². The minimum absolute atomic E-state index is 0.0487. The van der Waals surface area contributed by atoms with E-state index in [4.69, 9.17) is 5.11 Å². The van der Waals surface area contributed by atoms with Crippen molar-refractivity contribution in [2.45, 2.75) is 0 Å². The highest BCUT2D eigenvalue weighted by atomic mass is 32.2. The minimum atomic E-state index is -3.30. The molecule has 0 aliphatic heterocycles. The molecule has 0 unspecified atom stereocenters. The summed E-state index contributed by atoms with van der Waals surface area (Å²) in [6.45, 7) is -0.248. The number of halogens is 1. The monoisotopic (exact) mass is 314 g/mol. The van der Waals surface area contributed by atoms with Crippen molar-refractivity contribution in [3.63, 3.8) is 0 Å². The molecule has 0 saturated carbocycles. The van der Waals surface area contributed by atoms with Gasteiger partial charge in [-0.3, -0.25) is 4.79 Å². The van der Waals surface area contributed by atoms with Crippen molar-refractivity contribution < 1.29 is 22.7 Å². The van der Waals surface area contributed by atoms with Gasteiger partial charge in [0.15, 0.2) is 0 Å². The molecule has 1 amide bonds. The van der Waals surface area contributed by atoms with E-state index in [2.05, 4.69) is 21.9 Å². The van der Waals surface area contributed by atoms with Crippen molar-refractivity contribution in [1.82, 2.24) is 10.0 Å². The predicted octanol–water partition coefficient (Wildman–Crippen LogP) is -0.552. The van der Waals surface area contributed by atoms with Crippen LogP contribution in [-0.4, -0.2) is 45.4 Å². The van der Waals surface area contributed by atoms with Crippen molar-refractivity contribution in [3.05, 3.63) is 35.1 Å². The van der Waals surface area contributed by atoms with Crippen LogP contribution in [0.15, 0.2) is 18.2 Å². The van der Waals surface area contributed by atoms with Crippen LogP contribution in [0.3, 0.4) is 0 Å². The van der Waals surface area contributed by atoms with Gasteiger partial charge in [0.25, 0.3) is 5.91 Å². The van der Waals surface area contributed by atoms with Crippen LogP contribution >= 0.6 is 0 Å². The summed E-state index contributed by atoms with van der Waals surface area (Å²) in [4.78, 5) is 11.7. The van der Waals surface area contributed by atoms with E-state index in [1.54, 1.807) is 0 Å². The summed E-state index contributed by atoms with van der Waals surface area (Å²) in [5.74, 6) is 3.53. The molecule has 0 aliphatic rings. The van der Waals surface area contributed by atoms with E-state index in [0.29, 0.717) is 0 Å². The molecule has 0 bridgehead atoms. The average Bonchev–Trinajstić information content (AvgIpc) is 2.41. The van der Waals surface area contributed by atoms with Crippen LogP contribution in [0.2, 0.25) is 0 Å². The van der Waals surface area contributed by atoms with Gasteiger partial charge in [0.2, 0.25) is 10.0 Å². The third-order valence-corrected chi connectivity index (χ3v) is 3.04. The van der Waals surface area contributed by atoms with Gasteiger partial charge in [0.1, 0.15) is 12.4 Å². The van der Waals surface area contributed by atoms with Gasteiger partial charge in [0, 0.05) is 18.7 Å². The molecule has 3 N–H and O–H groups in total. The number of carbonyl (C=O) groups excluding carboxylic acids is 1. The summed E-state index contributed by atoms with van der Waals surface area (Å²) in [5, 5.41) is 11.0. The smallest absolute Gasteiger partial charge is 0.251 e. The normalized spacial score (nSPS) is 10.6. The Balaban J connectivity index is 2.61. The number of amides is 1. The van der Waals surface area contributed by atoms with Crippen LogP contribution in [0, 0.1) is 17.7 Å². The van der Waals surface area contributed by atoms with Crippen molar-refractivity contribution in [1.29, 1.82) is 0 Å². The maximum atomic E-state index is 13.6. The molecule has 21 heavy (non-hydrogen) atoms. The molecule has 1 rings (SSSR count). The number of rotatable bonds is 5. The van der Waals surface area contributed by atoms with Crippen molar-refractivity contribution >= 4 is 15.9 Å². The van der Waals surface area contributed by atoms with Crippen LogP contribution in [0.5, 0.6) is 0 Å². The fourth-order valence-electron chi connectivity index (χ4n) is 1.41. The first-order chi connectivity index (χ1) is 9.83. The number of benzene rings is 1. The Bertz CT molecular complexity index is 677. The molecular formula is C13H15FN2O4S. The van der Waals surface area contributed by atoms with E-state index in [-0.39, 0.29) is 30.8 Å². The number of nitrogens with one attached hydrogen (secondary N) is 2. The molecular weight excluding hydrogens is 299 g/mol. The molecule has 0 aliphatic carbocycles. The summed E-state index contributed by atoms with van der Waals surface area (Å²) in [5.41, 5.74) is 0.181. The highest BCUT2D eigenvalue weighted by Gasteiger charge is 2.08. The zero-order valence-corrected chi connectivity index (χ0v) is 12.1. The molecule has 1 aromatic carbocycles. The van der Waals surface area contributed by atoms with Gasteiger partial charge in [-0.25, -0.2) is 17.5 Å². The summed E-state index contributed by atoms with van der Waals surface area (Å²) < 4.78 is 37.5. The SMILES string of the molecule is CS(=O)(=O)NCCNC(=O)c1ccc(C#CCO)c(F)c1. The van der Waals surface area contributed by atoms with Crippen LogP contribution in [0.25, 0.3) is 0 Å². The van der Waals surface area contributed by atoms with Gasteiger partial charge in [-0.05, 0) is 18.2 Å². The standard InChI is InChI=1S/C13H15FN2O4S/c1-21(19,20)16-7-6-15-13(18)11-5-4-10(3-2-8-17)12(14)9-11/h4-5,9,16-17H,6-8H2,1H3,(H,15,18). The zero-order valence-electron chi connectivity index (χ0n) is 11.3. The lowest BCUT2D eigenvalue weighted by molar-refractivity contribution is 0.0954. The molecule has 0 atom stereocenters. The highest BCUT2D eigenvalue weighted by Crippen LogP contribution is 2.09. The third-order valence-electron chi connectivity index (χ3n) is 2.31. The lowest BCUT2D eigenvalue weighted by Gasteiger charge is -2.06. The molecule has 6 nitrogen and oxygen atoms in total. The summed E-state index contributed by atoms with van der Waals surface area (Å²) >= 11 is 0. The van der Waals surface area contributed by atoms with Gasteiger partial charge < -0.3 is 10.4 Å². The Morgan fingerprint density at radius 2 is 2.10 bits per heavy atom. The second-order valence-electron chi connectivity index (χ2n) is 4.08. The molecule has 0 radical (unpaired) electrons. The molecule has 0 fully saturated rings. The van der Waals surface area contributed by atoms with Crippen LogP contribution < -0.4 is 10.0 Å². The Morgan fingerprint density at radius 3 is 2.67 bits per heavy atom. The van der Waals surface area contributed by atoms with E-state index < -0.39 is 21.7 Å². The van der Waals surface area contributed by atoms with Crippen molar-refractivity contribution in [2.24, 2.45) is 0 Å². The first kappa shape index (κ1) is 17.1. The maximum Gasteiger partial charge on any atom is 0.251 e. The number of aliphatic hydroxyl groups excluding tert-OH is 1. The topological polar surface area (TPSA) is 95.5 Å². The molecule has 114 valence electrons. The van der Waals surface area contributed by atoms with E-state index in [9.17, 15) is 17.6 Å². The number of carbonyl (C=O) groups is 1. The average molecular weight is 314 g/mol. The van der Waals surface area contributed by atoms with Gasteiger partial charge in [-0.1, -0.05) is 11.8 Å². The van der Waals surface area contributed by atoms with E-state index >= 15 is 0 Å². The third kappa shape index (κ3) is 6.35. The van der Waals surface area contributed by atoms with Gasteiger partial charge in [-0.15, -0.1) is 0 Å². The summed E-state index contributed by atoms with van der Waals surface area (Å²) in [7, 11) is -3.30. The number of sulfonamides is 1. The highest BCUT2D eigenvalue weighted by molar-refractivity contribution is 7.88. The lowest BCUT2D eigenvalue weighted by atomic mass is 10.1. The van der Waals surface area contributed by atoms with Gasteiger partial charge in [0.05, 0.1) is 11.8 Å². The predicted molar refractivity (Wildman–Crippen MR) is 75.5 cm³/mol. The fourth-order valence-corrected chi connectivity index (χ4v) is 1.88. The van der Waals surface area contributed by atoms with E-state index in [1.165, 1.54) is 12.1 Å². The van der Waals surface area contributed by atoms with Crippen LogP contribution in [0.1, 0.15) is 15.9 Å². The Morgan fingerprint density at radius 1 is 1.38 bits per heavy atom. The molecule has 1 aromatic rings. The first-order valence-corrected chi connectivity index (χ1v) is 7.85. The van der Waals surface area contributed by atoms with Crippen LogP contribution in [0.4, 0.5) is 4.39 Å². The summed E-state index contributed by atoms with van der Waals surface area (Å²) in [6, 6.07) is 3.76. The molecule has 0 saturated heterocycles. The second-order valence-corrected chi connectivity index (χ2v) is 5.91. The number of hydrogen-bond acceptors (Lipinski definition) is 4. The zero-order chi connectivity index (χ0) is 15.9. The Labute approximate surface area is 122 Å². The first-order valence-electron chi connectivity index (χ1n) is 5.95. The maximum absolute atomic E-state index is 13.6. The molecule has 0 spiro atoms. The van der Waals surface area contributed by atoms with Crippen LogP contribution in [-0.2, 0) is 10.0 Å². The molecule has 0 aromatic heterocycles. The summed E-state index contributed by atoms with van der Waals surface area (Å²) in [6.07, 6.45) is 1.01. The quantitative estimate of drug-likeness (QED) is 0.502. The van der Waals surface area contributed by atoms with E-state index in [0.717, 1.165) is 12.3 Å². The minimum Gasteiger partial charge on any atom is -0.384 e.